The average molecular weight is 516 g/mol. The van der Waals surface area contributed by atoms with Crippen molar-refractivity contribution in [2.24, 2.45) is 17.8 Å². The molecule has 4 N–H and O–H groups in total. The van der Waals surface area contributed by atoms with E-state index in [4.69, 9.17) is 4.98 Å². The molecule has 6 rings (SSSR count). The number of benzene rings is 1. The Hall–Kier alpha value is -2.73. The van der Waals surface area contributed by atoms with Crippen molar-refractivity contribution in [3.8, 4) is 6.07 Å². The highest BCUT2D eigenvalue weighted by molar-refractivity contribution is 7.17. The van der Waals surface area contributed by atoms with Crippen LogP contribution in [0.25, 0.3) is 10.1 Å². The molecule has 2 aliphatic carbocycles. The summed E-state index contributed by atoms with van der Waals surface area (Å²) in [4.78, 5) is 9.11. The molecule has 3 aromatic rings. The van der Waals surface area contributed by atoms with Crippen molar-refractivity contribution in [3.63, 3.8) is 0 Å². The highest BCUT2D eigenvalue weighted by Gasteiger charge is 2.40. The van der Waals surface area contributed by atoms with E-state index in [0.29, 0.717) is 41.9 Å². The van der Waals surface area contributed by atoms with Gasteiger partial charge in [0.25, 0.3) is 0 Å². The van der Waals surface area contributed by atoms with Crippen LogP contribution in [0.2, 0.25) is 0 Å². The summed E-state index contributed by atoms with van der Waals surface area (Å²) in [5, 5.41) is 27.5. The molecule has 2 aromatic heterocycles. The fourth-order valence-corrected chi connectivity index (χ4v) is 7.77. The zero-order valence-corrected chi connectivity index (χ0v) is 22.2. The van der Waals surface area contributed by atoms with E-state index in [9.17, 15) is 5.26 Å². The van der Waals surface area contributed by atoms with Gasteiger partial charge in [0.15, 0.2) is 0 Å². The number of fused-ring (bicyclic) bond motifs is 3. The number of thiophene rings is 1. The quantitative estimate of drug-likeness (QED) is 0.330. The van der Waals surface area contributed by atoms with E-state index in [1.165, 1.54) is 60.6 Å². The van der Waals surface area contributed by atoms with Crippen LogP contribution in [0.3, 0.4) is 0 Å². The van der Waals surface area contributed by atoms with Gasteiger partial charge in [0.2, 0.25) is 5.95 Å². The maximum absolute atomic E-state index is 9.67. The molecule has 1 aromatic carbocycles. The van der Waals surface area contributed by atoms with Crippen LogP contribution in [0, 0.1) is 29.1 Å². The first-order valence-electron chi connectivity index (χ1n) is 13.9. The van der Waals surface area contributed by atoms with Crippen LogP contribution < -0.4 is 21.3 Å². The van der Waals surface area contributed by atoms with Crippen LogP contribution in [-0.4, -0.2) is 41.7 Å². The fraction of sp³-hybridized carbons (Fsp3) is 0.552. The van der Waals surface area contributed by atoms with Crippen molar-refractivity contribution in [3.05, 3.63) is 47.0 Å². The molecule has 0 radical (unpaired) electrons. The number of hydrogen-bond acceptors (Lipinski definition) is 8. The van der Waals surface area contributed by atoms with Gasteiger partial charge in [0.1, 0.15) is 17.5 Å². The summed E-state index contributed by atoms with van der Waals surface area (Å²) >= 11 is 1.76. The van der Waals surface area contributed by atoms with Crippen molar-refractivity contribution in [1.82, 2.24) is 20.6 Å². The average Bonchev–Trinajstić information content (AvgIpc) is 3.41. The van der Waals surface area contributed by atoms with E-state index >= 15 is 0 Å². The van der Waals surface area contributed by atoms with Crippen molar-refractivity contribution >= 4 is 33.2 Å². The predicted octanol–water partition coefficient (Wildman–Crippen LogP) is 5.12. The Bertz CT molecular complexity index is 1230. The molecule has 4 atom stereocenters. The molecular weight excluding hydrogens is 478 g/mol. The third-order valence-corrected chi connectivity index (χ3v) is 9.68. The normalized spacial score (nSPS) is 26.0. The number of nitrogens with zero attached hydrogens (tertiary/aromatic N) is 3. The first-order chi connectivity index (χ1) is 18.3. The number of piperidine rings is 1. The molecule has 1 aliphatic heterocycles. The van der Waals surface area contributed by atoms with Gasteiger partial charge < -0.3 is 21.3 Å². The van der Waals surface area contributed by atoms with Gasteiger partial charge in [-0.2, -0.15) is 10.2 Å². The molecule has 1 saturated heterocycles. The third kappa shape index (κ3) is 5.59. The molecule has 3 heterocycles. The van der Waals surface area contributed by atoms with E-state index in [-0.39, 0.29) is 0 Å². The second-order valence-electron chi connectivity index (χ2n) is 11.1. The molecule has 0 spiro atoms. The standard InChI is InChI=1S/C29H37N7S/c30-15-24-18-34-29(33-17-23-6-1-3-20-9-12-37-27(20)23)36-28(24)32-16-19-13-21-4-2-5-22(14-19)26(21)35-25-7-10-31-11-8-25/h1,3,6,9,12,18-19,21-22,25-26,31,35H,2,4-5,7-8,10-11,13-14,16-17H2,(H2,32,33,34,36)/t19?,21-,22+,26?. The number of rotatable bonds is 8. The SMILES string of the molecule is N#Cc1cnc(NCc2cccc3ccsc23)nc1NCC1C[C@H]2CCC[C@@H](C1)C2NC1CCNCC1. The van der Waals surface area contributed by atoms with Gasteiger partial charge in [-0.15, -0.1) is 11.3 Å². The Morgan fingerprint density at radius 3 is 2.70 bits per heavy atom. The van der Waals surface area contributed by atoms with Gasteiger partial charge in [-0.3, -0.25) is 0 Å². The van der Waals surface area contributed by atoms with Crippen LogP contribution in [-0.2, 0) is 6.54 Å². The van der Waals surface area contributed by atoms with Crippen LogP contribution >= 0.6 is 11.3 Å². The van der Waals surface area contributed by atoms with E-state index in [1.807, 2.05) is 0 Å². The summed E-state index contributed by atoms with van der Waals surface area (Å²) in [6, 6.07) is 12.2. The van der Waals surface area contributed by atoms with Crippen LogP contribution in [0.4, 0.5) is 11.8 Å². The fourth-order valence-electron chi connectivity index (χ4n) is 6.86. The number of aromatic nitrogens is 2. The van der Waals surface area contributed by atoms with Crippen molar-refractivity contribution in [2.75, 3.05) is 30.3 Å². The van der Waals surface area contributed by atoms with Crippen LogP contribution in [0.15, 0.2) is 35.8 Å². The largest absolute Gasteiger partial charge is 0.369 e. The summed E-state index contributed by atoms with van der Waals surface area (Å²) in [6.45, 7) is 3.81. The van der Waals surface area contributed by atoms with Crippen molar-refractivity contribution in [2.45, 2.75) is 63.6 Å². The Morgan fingerprint density at radius 1 is 1.05 bits per heavy atom. The summed E-state index contributed by atoms with van der Waals surface area (Å²) < 4.78 is 1.29. The van der Waals surface area contributed by atoms with E-state index < -0.39 is 0 Å². The highest BCUT2D eigenvalue weighted by atomic mass is 32.1. The zero-order chi connectivity index (χ0) is 25.0. The molecule has 2 unspecified atom stereocenters. The smallest absolute Gasteiger partial charge is 0.224 e. The number of nitrogens with one attached hydrogen (secondary N) is 4. The summed E-state index contributed by atoms with van der Waals surface area (Å²) in [7, 11) is 0. The minimum absolute atomic E-state index is 0.507. The van der Waals surface area contributed by atoms with Crippen LogP contribution in [0.1, 0.15) is 56.1 Å². The Labute approximate surface area is 223 Å². The lowest BCUT2D eigenvalue weighted by atomic mass is 9.64. The van der Waals surface area contributed by atoms with E-state index in [2.05, 4.69) is 62.0 Å². The lowest BCUT2D eigenvalue weighted by molar-refractivity contribution is 0.0765. The Morgan fingerprint density at radius 2 is 1.89 bits per heavy atom. The molecule has 2 bridgehead atoms. The third-order valence-electron chi connectivity index (χ3n) is 8.67. The van der Waals surface area contributed by atoms with Gasteiger partial charge >= 0.3 is 0 Å². The van der Waals surface area contributed by atoms with E-state index in [1.54, 1.807) is 17.5 Å². The van der Waals surface area contributed by atoms with Gasteiger partial charge in [0.05, 0.1) is 6.20 Å². The monoisotopic (exact) mass is 515 g/mol. The molecular formula is C29H37N7S. The van der Waals surface area contributed by atoms with Gasteiger partial charge in [0, 0.05) is 29.9 Å². The molecule has 3 fully saturated rings. The summed E-state index contributed by atoms with van der Waals surface area (Å²) in [5.41, 5.74) is 1.74. The second-order valence-corrected chi connectivity index (χ2v) is 12.0. The number of hydrogen-bond donors (Lipinski definition) is 4. The number of nitriles is 1. The molecule has 7 nitrogen and oxygen atoms in total. The lowest BCUT2D eigenvalue weighted by Crippen LogP contribution is -2.54. The molecule has 2 saturated carbocycles. The molecule has 37 heavy (non-hydrogen) atoms. The first-order valence-corrected chi connectivity index (χ1v) is 14.8. The number of anilines is 2. The lowest BCUT2D eigenvalue weighted by Gasteiger charge is -2.48. The molecule has 3 aliphatic rings. The van der Waals surface area contributed by atoms with Crippen molar-refractivity contribution in [1.29, 1.82) is 5.26 Å². The molecule has 194 valence electrons. The second kappa shape index (κ2) is 11.3. The van der Waals surface area contributed by atoms with Crippen LogP contribution in [0.5, 0.6) is 0 Å². The Kier molecular flexibility index (Phi) is 7.54. The topological polar surface area (TPSA) is 97.7 Å². The maximum atomic E-state index is 9.67. The minimum atomic E-state index is 0.507. The summed E-state index contributed by atoms with van der Waals surface area (Å²) in [5.74, 6) is 3.37. The summed E-state index contributed by atoms with van der Waals surface area (Å²) in [6.07, 6.45) is 10.7. The van der Waals surface area contributed by atoms with Gasteiger partial charge in [-0.05, 0) is 91.8 Å². The van der Waals surface area contributed by atoms with Crippen molar-refractivity contribution < 1.29 is 0 Å². The predicted molar refractivity (Wildman–Crippen MR) is 151 cm³/mol. The minimum Gasteiger partial charge on any atom is -0.369 e. The maximum Gasteiger partial charge on any atom is 0.224 e. The molecule has 0 amide bonds. The van der Waals surface area contributed by atoms with Gasteiger partial charge in [-0.1, -0.05) is 24.6 Å². The highest BCUT2D eigenvalue weighted by Crippen LogP contribution is 2.43. The Balaban J connectivity index is 1.08. The van der Waals surface area contributed by atoms with E-state index in [0.717, 1.165) is 31.5 Å². The zero-order valence-electron chi connectivity index (χ0n) is 21.4. The molecule has 8 heteroatoms. The first kappa shape index (κ1) is 24.6. The van der Waals surface area contributed by atoms with Gasteiger partial charge in [-0.25, -0.2) is 4.98 Å².